The van der Waals surface area contributed by atoms with E-state index in [0.29, 0.717) is 5.82 Å². The molecule has 0 amide bonds. The zero-order valence-electron chi connectivity index (χ0n) is 7.78. The average molecular weight is 176 g/mol. The monoisotopic (exact) mass is 176 g/mol. The normalized spacial score (nSPS) is 10.9. The van der Waals surface area contributed by atoms with Crippen LogP contribution in [0.25, 0.3) is 11.0 Å². The van der Waals surface area contributed by atoms with Crippen molar-refractivity contribution in [1.29, 1.82) is 0 Å². The van der Waals surface area contributed by atoms with E-state index < -0.39 is 0 Å². The lowest BCUT2D eigenvalue weighted by atomic mass is 10.2. The molecule has 68 valence electrons. The number of nitrogens with two attached hydrogens (primary N) is 1. The number of hydrogen-bond donors (Lipinski definition) is 1. The van der Waals surface area contributed by atoms with Crippen molar-refractivity contribution in [3.63, 3.8) is 0 Å². The van der Waals surface area contributed by atoms with Gasteiger partial charge in [-0.15, -0.1) is 0 Å². The number of fused-ring (bicyclic) bond motifs is 1. The van der Waals surface area contributed by atoms with Crippen LogP contribution in [0.4, 0.5) is 5.82 Å². The molecule has 4 nitrogen and oxygen atoms in total. The largest absolute Gasteiger partial charge is 0.383 e. The van der Waals surface area contributed by atoms with Crippen LogP contribution in [0.5, 0.6) is 0 Å². The highest BCUT2D eigenvalue weighted by molar-refractivity contribution is 5.89. The molecular formula is C9H12N4. The Morgan fingerprint density at radius 2 is 2.23 bits per heavy atom. The Morgan fingerprint density at radius 3 is 2.92 bits per heavy atom. The highest BCUT2D eigenvalue weighted by Crippen LogP contribution is 2.22. The molecule has 0 aliphatic heterocycles. The maximum atomic E-state index is 5.76. The molecule has 0 radical (unpaired) electrons. The first kappa shape index (κ1) is 8.04. The predicted octanol–water partition coefficient (Wildman–Crippen LogP) is 1.34. The van der Waals surface area contributed by atoms with Gasteiger partial charge >= 0.3 is 0 Å². The first-order valence-corrected chi connectivity index (χ1v) is 4.30. The van der Waals surface area contributed by atoms with Crippen molar-refractivity contribution in [3.05, 3.63) is 18.1 Å². The van der Waals surface area contributed by atoms with Gasteiger partial charge in [-0.25, -0.2) is 9.97 Å². The lowest BCUT2D eigenvalue weighted by Crippen LogP contribution is -1.96. The van der Waals surface area contributed by atoms with Crippen molar-refractivity contribution in [2.24, 2.45) is 0 Å². The summed E-state index contributed by atoms with van der Waals surface area (Å²) in [6, 6.07) is 0. The van der Waals surface area contributed by atoms with E-state index in [-0.39, 0.29) is 0 Å². The van der Waals surface area contributed by atoms with Crippen molar-refractivity contribution in [1.82, 2.24) is 14.5 Å². The first-order chi connectivity index (χ1) is 6.24. The Labute approximate surface area is 76.4 Å². The molecule has 2 rings (SSSR count). The average Bonchev–Trinajstić information content (AvgIpc) is 2.44. The highest BCUT2D eigenvalue weighted by atomic mass is 15.1. The SMILES string of the molecule is CCn1cc(C)c2c(N)ncnc21. The highest BCUT2D eigenvalue weighted by Gasteiger charge is 2.08. The second-order valence-electron chi connectivity index (χ2n) is 3.06. The molecule has 0 bridgehead atoms. The standard InChI is InChI=1S/C9H12N4/c1-3-13-4-6(2)7-8(10)11-5-12-9(7)13/h4-5H,3H2,1-2H3,(H2,10,11,12). The van der Waals surface area contributed by atoms with Gasteiger partial charge in [-0.1, -0.05) is 0 Å². The van der Waals surface area contributed by atoms with Crippen LogP contribution in [-0.2, 0) is 6.54 Å². The summed E-state index contributed by atoms with van der Waals surface area (Å²) in [5, 5.41) is 0.976. The minimum absolute atomic E-state index is 0.565. The molecule has 0 aliphatic carbocycles. The Morgan fingerprint density at radius 1 is 1.46 bits per heavy atom. The van der Waals surface area contributed by atoms with Crippen LogP contribution < -0.4 is 5.73 Å². The third-order valence-corrected chi connectivity index (χ3v) is 2.21. The second-order valence-corrected chi connectivity index (χ2v) is 3.06. The molecule has 2 aromatic heterocycles. The second kappa shape index (κ2) is 2.73. The van der Waals surface area contributed by atoms with Gasteiger partial charge in [-0.3, -0.25) is 0 Å². The molecule has 0 fully saturated rings. The summed E-state index contributed by atoms with van der Waals surface area (Å²) in [4.78, 5) is 8.17. The minimum Gasteiger partial charge on any atom is -0.383 e. The number of nitrogen functional groups attached to an aromatic ring is 1. The van der Waals surface area contributed by atoms with Gasteiger partial charge in [-0.05, 0) is 19.4 Å². The molecule has 0 unspecified atom stereocenters. The summed E-state index contributed by atoms with van der Waals surface area (Å²) in [5.41, 5.74) is 7.82. The summed E-state index contributed by atoms with van der Waals surface area (Å²) < 4.78 is 2.07. The number of aromatic nitrogens is 3. The Hall–Kier alpha value is -1.58. The molecule has 0 spiro atoms. The predicted molar refractivity (Wildman–Crippen MR) is 52.4 cm³/mol. The maximum absolute atomic E-state index is 5.76. The van der Waals surface area contributed by atoms with Gasteiger partial charge < -0.3 is 10.3 Å². The smallest absolute Gasteiger partial charge is 0.145 e. The number of aryl methyl sites for hydroxylation is 2. The van der Waals surface area contributed by atoms with Crippen LogP contribution in [0.15, 0.2) is 12.5 Å². The van der Waals surface area contributed by atoms with Crippen LogP contribution >= 0.6 is 0 Å². The topological polar surface area (TPSA) is 56.7 Å². The molecule has 4 heteroatoms. The van der Waals surface area contributed by atoms with Crippen LogP contribution in [0.1, 0.15) is 12.5 Å². The first-order valence-electron chi connectivity index (χ1n) is 4.30. The lowest BCUT2D eigenvalue weighted by molar-refractivity contribution is 0.784. The van der Waals surface area contributed by atoms with E-state index in [9.17, 15) is 0 Å². The van der Waals surface area contributed by atoms with E-state index in [1.165, 1.54) is 6.33 Å². The molecule has 0 atom stereocenters. The third kappa shape index (κ3) is 1.06. The van der Waals surface area contributed by atoms with Crippen LogP contribution in [-0.4, -0.2) is 14.5 Å². The van der Waals surface area contributed by atoms with Crippen LogP contribution in [0, 0.1) is 6.92 Å². The van der Waals surface area contributed by atoms with E-state index in [1.54, 1.807) is 0 Å². The molecule has 2 aromatic rings. The van der Waals surface area contributed by atoms with Gasteiger partial charge in [0.1, 0.15) is 17.8 Å². The summed E-state index contributed by atoms with van der Waals surface area (Å²) >= 11 is 0. The van der Waals surface area contributed by atoms with Gasteiger partial charge in [0, 0.05) is 12.7 Å². The van der Waals surface area contributed by atoms with E-state index >= 15 is 0 Å². The van der Waals surface area contributed by atoms with Crippen molar-refractivity contribution in [3.8, 4) is 0 Å². The fourth-order valence-corrected chi connectivity index (χ4v) is 1.59. The zero-order chi connectivity index (χ0) is 9.42. The Bertz CT molecular complexity index is 444. The quantitative estimate of drug-likeness (QED) is 0.713. The van der Waals surface area contributed by atoms with Gasteiger partial charge in [-0.2, -0.15) is 0 Å². The summed E-state index contributed by atoms with van der Waals surface area (Å²) in [6.07, 6.45) is 3.55. The summed E-state index contributed by atoms with van der Waals surface area (Å²) in [6.45, 7) is 5.01. The number of nitrogens with zero attached hydrogens (tertiary/aromatic N) is 3. The van der Waals surface area contributed by atoms with Crippen molar-refractivity contribution in [2.75, 3.05) is 5.73 Å². The van der Waals surface area contributed by atoms with Crippen molar-refractivity contribution in [2.45, 2.75) is 20.4 Å². The number of hydrogen-bond acceptors (Lipinski definition) is 3. The Kier molecular flexibility index (Phi) is 1.69. The van der Waals surface area contributed by atoms with Gasteiger partial charge in [0.25, 0.3) is 0 Å². The summed E-state index contributed by atoms with van der Waals surface area (Å²) in [5.74, 6) is 0.565. The molecule has 0 aromatic carbocycles. The third-order valence-electron chi connectivity index (χ3n) is 2.21. The van der Waals surface area contributed by atoms with Gasteiger partial charge in [0.05, 0.1) is 5.39 Å². The molecule has 13 heavy (non-hydrogen) atoms. The minimum atomic E-state index is 0.565. The van der Waals surface area contributed by atoms with E-state index in [1.807, 2.05) is 6.92 Å². The van der Waals surface area contributed by atoms with E-state index in [2.05, 4.69) is 27.7 Å². The van der Waals surface area contributed by atoms with Gasteiger partial charge in [0.2, 0.25) is 0 Å². The molecule has 2 N–H and O–H groups in total. The lowest BCUT2D eigenvalue weighted by Gasteiger charge is -1.98. The number of anilines is 1. The van der Waals surface area contributed by atoms with E-state index in [0.717, 1.165) is 23.1 Å². The molecule has 0 saturated carbocycles. The molecular weight excluding hydrogens is 164 g/mol. The van der Waals surface area contributed by atoms with Crippen molar-refractivity contribution >= 4 is 16.9 Å². The molecule has 0 saturated heterocycles. The maximum Gasteiger partial charge on any atom is 0.145 e. The molecule has 2 heterocycles. The van der Waals surface area contributed by atoms with E-state index in [4.69, 9.17) is 5.73 Å². The molecule has 0 aliphatic rings. The zero-order valence-corrected chi connectivity index (χ0v) is 7.78. The Balaban J connectivity index is 2.87. The van der Waals surface area contributed by atoms with Crippen molar-refractivity contribution < 1.29 is 0 Å². The summed E-state index contributed by atoms with van der Waals surface area (Å²) in [7, 11) is 0. The van der Waals surface area contributed by atoms with Crippen LogP contribution in [0.2, 0.25) is 0 Å². The number of rotatable bonds is 1. The van der Waals surface area contributed by atoms with Gasteiger partial charge in [0.15, 0.2) is 0 Å². The fourth-order valence-electron chi connectivity index (χ4n) is 1.59. The fraction of sp³-hybridized carbons (Fsp3) is 0.333. The van der Waals surface area contributed by atoms with Crippen LogP contribution in [0.3, 0.4) is 0 Å².